The van der Waals surface area contributed by atoms with Gasteiger partial charge in [-0.25, -0.2) is 9.97 Å². The molecule has 0 spiro atoms. The van der Waals surface area contributed by atoms with Gasteiger partial charge in [-0.1, -0.05) is 0 Å². The first-order valence-electron chi connectivity index (χ1n) is 5.11. The van der Waals surface area contributed by atoms with Gasteiger partial charge < -0.3 is 5.73 Å². The molecule has 0 aliphatic rings. The van der Waals surface area contributed by atoms with Gasteiger partial charge in [0.05, 0.1) is 0 Å². The standard InChI is InChI=1S/C12H14N4/c1-7-4-10(5-8(2)14-7)12-15-9(3)6-11(13)16-12/h4-6H,1-3H3,(H2,13,15,16). The van der Waals surface area contributed by atoms with Gasteiger partial charge in [0.25, 0.3) is 0 Å². The summed E-state index contributed by atoms with van der Waals surface area (Å²) in [5.41, 5.74) is 9.45. The van der Waals surface area contributed by atoms with Crippen molar-refractivity contribution < 1.29 is 0 Å². The van der Waals surface area contributed by atoms with Crippen LogP contribution in [0.4, 0.5) is 5.82 Å². The molecule has 0 aromatic carbocycles. The van der Waals surface area contributed by atoms with Crippen molar-refractivity contribution in [2.45, 2.75) is 20.8 Å². The summed E-state index contributed by atoms with van der Waals surface area (Å²) in [5.74, 6) is 1.15. The quantitative estimate of drug-likeness (QED) is 0.789. The van der Waals surface area contributed by atoms with E-state index < -0.39 is 0 Å². The highest BCUT2D eigenvalue weighted by Crippen LogP contribution is 2.18. The Morgan fingerprint density at radius 2 is 1.38 bits per heavy atom. The van der Waals surface area contributed by atoms with Gasteiger partial charge in [-0.2, -0.15) is 0 Å². The van der Waals surface area contributed by atoms with E-state index in [-0.39, 0.29) is 0 Å². The molecule has 0 saturated heterocycles. The van der Waals surface area contributed by atoms with E-state index in [1.807, 2.05) is 32.9 Å². The number of nitrogens with zero attached hydrogens (tertiary/aromatic N) is 3. The molecule has 4 nitrogen and oxygen atoms in total. The Morgan fingerprint density at radius 3 is 1.94 bits per heavy atom. The van der Waals surface area contributed by atoms with Gasteiger partial charge >= 0.3 is 0 Å². The van der Waals surface area contributed by atoms with Crippen LogP contribution in [0.5, 0.6) is 0 Å². The van der Waals surface area contributed by atoms with Gasteiger partial charge in [-0.05, 0) is 32.9 Å². The molecule has 2 N–H and O–H groups in total. The maximum atomic E-state index is 5.71. The van der Waals surface area contributed by atoms with Crippen LogP contribution in [0.25, 0.3) is 11.4 Å². The van der Waals surface area contributed by atoms with Crippen molar-refractivity contribution in [3.8, 4) is 11.4 Å². The number of aryl methyl sites for hydroxylation is 3. The van der Waals surface area contributed by atoms with Gasteiger partial charge in [0.15, 0.2) is 5.82 Å². The lowest BCUT2D eigenvalue weighted by atomic mass is 10.2. The fourth-order valence-corrected chi connectivity index (χ4v) is 1.69. The highest BCUT2D eigenvalue weighted by molar-refractivity contribution is 5.57. The first kappa shape index (κ1) is 10.5. The molecule has 0 saturated carbocycles. The second-order valence-electron chi connectivity index (χ2n) is 3.90. The zero-order valence-electron chi connectivity index (χ0n) is 9.65. The number of pyridine rings is 1. The van der Waals surface area contributed by atoms with E-state index in [0.717, 1.165) is 22.6 Å². The Balaban J connectivity index is 2.57. The maximum Gasteiger partial charge on any atom is 0.161 e. The van der Waals surface area contributed by atoms with E-state index in [1.54, 1.807) is 6.07 Å². The van der Waals surface area contributed by atoms with Gasteiger partial charge in [0.2, 0.25) is 0 Å². The van der Waals surface area contributed by atoms with Crippen molar-refractivity contribution in [2.24, 2.45) is 0 Å². The third-order valence-corrected chi connectivity index (χ3v) is 2.21. The SMILES string of the molecule is Cc1cc(-c2nc(C)cc(N)n2)cc(C)n1. The molecule has 0 unspecified atom stereocenters. The molecule has 4 heteroatoms. The Labute approximate surface area is 94.6 Å². The van der Waals surface area contributed by atoms with Crippen LogP contribution in [0.3, 0.4) is 0 Å². The maximum absolute atomic E-state index is 5.71. The van der Waals surface area contributed by atoms with Crippen LogP contribution in [-0.4, -0.2) is 15.0 Å². The number of nitrogens with two attached hydrogens (primary N) is 1. The van der Waals surface area contributed by atoms with Gasteiger partial charge in [-0.3, -0.25) is 4.98 Å². The minimum absolute atomic E-state index is 0.495. The lowest BCUT2D eigenvalue weighted by Crippen LogP contribution is -1.98. The van der Waals surface area contributed by atoms with E-state index in [4.69, 9.17) is 5.73 Å². The lowest BCUT2D eigenvalue weighted by molar-refractivity contribution is 1.09. The molecule has 0 bridgehead atoms. The summed E-state index contributed by atoms with van der Waals surface area (Å²) >= 11 is 0. The van der Waals surface area contributed by atoms with Crippen LogP contribution in [0.2, 0.25) is 0 Å². The zero-order chi connectivity index (χ0) is 11.7. The Kier molecular flexibility index (Phi) is 2.56. The fourth-order valence-electron chi connectivity index (χ4n) is 1.69. The van der Waals surface area contributed by atoms with Gasteiger partial charge in [0.1, 0.15) is 5.82 Å². The number of anilines is 1. The predicted octanol–water partition coefficient (Wildman–Crippen LogP) is 2.05. The zero-order valence-corrected chi connectivity index (χ0v) is 9.65. The van der Waals surface area contributed by atoms with Gasteiger partial charge in [0, 0.05) is 28.7 Å². The summed E-state index contributed by atoms with van der Waals surface area (Å²) in [5, 5.41) is 0. The number of rotatable bonds is 1. The Bertz CT molecular complexity index is 445. The first-order valence-corrected chi connectivity index (χ1v) is 5.11. The van der Waals surface area contributed by atoms with Crippen LogP contribution < -0.4 is 5.73 Å². The molecular formula is C12H14N4. The van der Waals surface area contributed by atoms with Crippen molar-refractivity contribution in [3.05, 3.63) is 35.3 Å². The predicted molar refractivity (Wildman–Crippen MR) is 63.9 cm³/mol. The largest absolute Gasteiger partial charge is 0.384 e. The first-order chi connectivity index (χ1) is 7.54. The molecule has 16 heavy (non-hydrogen) atoms. The van der Waals surface area contributed by atoms with Crippen molar-refractivity contribution in [2.75, 3.05) is 5.73 Å². The highest BCUT2D eigenvalue weighted by atomic mass is 14.9. The average Bonchev–Trinajstić information content (AvgIpc) is 2.14. The van der Waals surface area contributed by atoms with E-state index >= 15 is 0 Å². The summed E-state index contributed by atoms with van der Waals surface area (Å²) in [7, 11) is 0. The normalized spacial score (nSPS) is 10.4. The second kappa shape index (κ2) is 3.89. The van der Waals surface area contributed by atoms with E-state index in [1.165, 1.54) is 0 Å². The molecule has 0 fully saturated rings. The van der Waals surface area contributed by atoms with Crippen molar-refractivity contribution in [1.29, 1.82) is 0 Å². The molecule has 82 valence electrons. The third kappa shape index (κ3) is 2.16. The van der Waals surface area contributed by atoms with Crippen LogP contribution in [-0.2, 0) is 0 Å². The van der Waals surface area contributed by atoms with Crippen molar-refractivity contribution in [3.63, 3.8) is 0 Å². The smallest absolute Gasteiger partial charge is 0.161 e. The molecule has 2 rings (SSSR count). The fraction of sp³-hybridized carbons (Fsp3) is 0.250. The van der Waals surface area contributed by atoms with Gasteiger partial charge in [-0.15, -0.1) is 0 Å². The van der Waals surface area contributed by atoms with Crippen LogP contribution in [0.15, 0.2) is 18.2 Å². The number of hydrogen-bond donors (Lipinski definition) is 1. The summed E-state index contributed by atoms with van der Waals surface area (Å²) in [4.78, 5) is 12.9. The Hall–Kier alpha value is -1.97. The molecule has 2 aromatic heterocycles. The Morgan fingerprint density at radius 1 is 0.812 bits per heavy atom. The molecular weight excluding hydrogens is 200 g/mol. The average molecular weight is 214 g/mol. The molecule has 0 aliphatic heterocycles. The van der Waals surface area contributed by atoms with E-state index in [9.17, 15) is 0 Å². The monoisotopic (exact) mass is 214 g/mol. The minimum atomic E-state index is 0.495. The summed E-state index contributed by atoms with van der Waals surface area (Å²) < 4.78 is 0. The van der Waals surface area contributed by atoms with Crippen molar-refractivity contribution in [1.82, 2.24) is 15.0 Å². The second-order valence-corrected chi connectivity index (χ2v) is 3.90. The van der Waals surface area contributed by atoms with Crippen molar-refractivity contribution >= 4 is 5.82 Å². The molecule has 0 aliphatic carbocycles. The summed E-state index contributed by atoms with van der Waals surface area (Å²) in [6.45, 7) is 5.81. The van der Waals surface area contributed by atoms with E-state index in [0.29, 0.717) is 11.6 Å². The molecule has 2 heterocycles. The number of aromatic nitrogens is 3. The molecule has 0 amide bonds. The number of nitrogen functional groups attached to an aromatic ring is 1. The lowest BCUT2D eigenvalue weighted by Gasteiger charge is -2.05. The third-order valence-electron chi connectivity index (χ3n) is 2.21. The summed E-state index contributed by atoms with van der Waals surface area (Å²) in [6, 6.07) is 5.67. The molecule has 2 aromatic rings. The topological polar surface area (TPSA) is 64.7 Å². The van der Waals surface area contributed by atoms with Crippen LogP contribution in [0.1, 0.15) is 17.1 Å². The van der Waals surface area contributed by atoms with E-state index in [2.05, 4.69) is 15.0 Å². The summed E-state index contributed by atoms with van der Waals surface area (Å²) in [6.07, 6.45) is 0. The molecule has 0 atom stereocenters. The number of hydrogen-bond acceptors (Lipinski definition) is 4. The molecule has 0 radical (unpaired) electrons. The minimum Gasteiger partial charge on any atom is -0.384 e. The highest BCUT2D eigenvalue weighted by Gasteiger charge is 2.05. The van der Waals surface area contributed by atoms with Crippen LogP contribution >= 0.6 is 0 Å². The van der Waals surface area contributed by atoms with Crippen LogP contribution in [0, 0.1) is 20.8 Å².